The third kappa shape index (κ3) is 23.9. The van der Waals surface area contributed by atoms with E-state index in [4.69, 9.17) is 40.0 Å². The Morgan fingerprint density at radius 1 is 0.791 bits per heavy atom. The van der Waals surface area contributed by atoms with Crippen LogP contribution in [0.4, 0.5) is 17.1 Å². The van der Waals surface area contributed by atoms with E-state index in [1.807, 2.05) is 82.6 Å². The minimum Gasteiger partial charge on any atom is -0.455 e. The molecule has 3 aliphatic heterocycles. The number of nitrogens with zero attached hydrogens (tertiary/aromatic N) is 8. The van der Waals surface area contributed by atoms with Crippen LogP contribution >= 0.6 is 22.9 Å². The first-order valence-corrected chi connectivity index (χ1v) is 43.2. The van der Waals surface area contributed by atoms with E-state index in [0.717, 1.165) is 141 Å². The number of aryl methyl sites for hydroxylation is 1. The molecule has 0 spiro atoms. The van der Waals surface area contributed by atoms with Crippen LogP contribution < -0.4 is 30.3 Å². The molecule has 2 aliphatic carbocycles. The van der Waals surface area contributed by atoms with Crippen LogP contribution in [0.1, 0.15) is 126 Å². The number of halogens is 1. The summed E-state index contributed by atoms with van der Waals surface area (Å²) in [5.74, 6) is -0.762. The fraction of sp³-hybridized carbons (Fsp3) is 0.541. The van der Waals surface area contributed by atoms with Crippen LogP contribution in [0.2, 0.25) is 5.02 Å². The number of allylic oxidation sites excluding steroid dienone is 1. The van der Waals surface area contributed by atoms with Gasteiger partial charge in [-0.15, -0.1) is 11.3 Å². The van der Waals surface area contributed by atoms with Crippen molar-refractivity contribution in [3.63, 3.8) is 0 Å². The monoisotopic (exact) mass is 1640 g/mol. The van der Waals surface area contributed by atoms with E-state index in [1.54, 1.807) is 41.8 Å². The summed E-state index contributed by atoms with van der Waals surface area (Å²) < 4.78 is 65.6. The number of ether oxygens (including phenoxy) is 6. The van der Waals surface area contributed by atoms with Crippen LogP contribution in [0, 0.1) is 33.8 Å². The summed E-state index contributed by atoms with van der Waals surface area (Å²) in [5.41, 5.74) is 9.80. The van der Waals surface area contributed by atoms with Crippen LogP contribution in [0.5, 0.6) is 11.5 Å². The molecule has 27 nitrogen and oxygen atoms in total. The first kappa shape index (κ1) is 86.3. The van der Waals surface area contributed by atoms with Gasteiger partial charge in [0.15, 0.2) is 0 Å². The van der Waals surface area contributed by atoms with Crippen molar-refractivity contribution in [1.82, 2.24) is 49.9 Å². The van der Waals surface area contributed by atoms with E-state index in [1.165, 1.54) is 39.9 Å². The first-order valence-electron chi connectivity index (χ1n) is 40.5. The Balaban J connectivity index is 0.496. The van der Waals surface area contributed by atoms with Crippen LogP contribution in [0.25, 0.3) is 27.0 Å². The number of hydrogen-bond donors (Lipinski definition) is 6. The van der Waals surface area contributed by atoms with Gasteiger partial charge in [-0.25, -0.2) is 23.1 Å². The predicted octanol–water partition coefficient (Wildman–Crippen LogP) is 11.8. The van der Waals surface area contributed by atoms with Gasteiger partial charge in [-0.3, -0.25) is 39.2 Å². The van der Waals surface area contributed by atoms with Crippen LogP contribution in [-0.2, 0) is 43.3 Å². The lowest BCUT2D eigenvalue weighted by Gasteiger charge is -2.42. The quantitative estimate of drug-likeness (QED) is 0.0119. The van der Waals surface area contributed by atoms with Crippen molar-refractivity contribution in [2.45, 2.75) is 135 Å². The highest BCUT2D eigenvalue weighted by Crippen LogP contribution is 2.44. The molecular weight excluding hydrogens is 1530 g/mol. The Bertz CT molecular complexity index is 4540. The van der Waals surface area contributed by atoms with Crippen molar-refractivity contribution in [2.24, 2.45) is 16.7 Å². The van der Waals surface area contributed by atoms with Gasteiger partial charge in [-0.05, 0) is 146 Å². The van der Waals surface area contributed by atoms with Gasteiger partial charge in [0, 0.05) is 132 Å². The molecule has 3 amide bonds. The number of likely N-dealkylation sites (tertiary alicyclic amines) is 1. The van der Waals surface area contributed by atoms with Gasteiger partial charge in [0.05, 0.1) is 122 Å². The molecule has 622 valence electrons. The number of aromatic amines is 1. The number of aliphatic hydroxyl groups is 1. The highest BCUT2D eigenvalue weighted by Gasteiger charge is 2.44. The fourth-order valence-corrected chi connectivity index (χ4v) is 18.0. The SMILES string of the molecule is Cc1ncsc1-c1ccc([C@H](C)NC(=O)[C@@H]2C[C@@H](O)CN2C(=O)[C@@H](NCCOCCOCCOCCOCCOCCN2CCN(C3CCC(CNc4ccc(S(=O)(=O)NC(=O)c5ccc(N6CCN(CC7=C(c8ccc(Cl)cc8)CC(C)(C)CC7)CC6)cc5Oc5cnc6[nH]ccc6c5)cc4[N+](=O)[O-])CC3)CC2)C(C)(C)C)cc1. The van der Waals surface area contributed by atoms with Gasteiger partial charge in [-0.2, -0.15) is 0 Å². The number of H-pyrrole nitrogens is 1. The number of benzene rings is 4. The molecule has 4 atom stereocenters. The number of aromatic nitrogens is 3. The number of hydrogen-bond acceptors (Lipinski definition) is 23. The molecule has 115 heavy (non-hydrogen) atoms. The van der Waals surface area contributed by atoms with Gasteiger partial charge in [-0.1, -0.05) is 88.2 Å². The zero-order chi connectivity index (χ0) is 81.2. The lowest BCUT2D eigenvalue weighted by Crippen LogP contribution is -2.57. The second-order valence-corrected chi connectivity index (χ2v) is 35.7. The molecule has 3 aromatic heterocycles. The molecule has 5 aliphatic rings. The molecule has 0 bridgehead atoms. The normalized spacial score (nSPS) is 19.9. The summed E-state index contributed by atoms with van der Waals surface area (Å²) in [6.07, 6.45) is 9.73. The molecule has 0 radical (unpaired) electrons. The third-order valence-corrected chi connectivity index (χ3v) is 25.3. The molecule has 0 unspecified atom stereocenters. The van der Waals surface area contributed by atoms with Crippen molar-refractivity contribution in [2.75, 3.05) is 161 Å². The zero-order valence-corrected chi connectivity index (χ0v) is 69.8. The first-order chi connectivity index (χ1) is 55.3. The molecule has 6 N–H and O–H groups in total. The number of β-amino-alcohol motifs (C(OH)–C–C–N with tert-alkyl or cyclic N) is 1. The molecule has 12 rings (SSSR count). The average Bonchev–Trinajstić information content (AvgIpc) is 1.26. The minimum absolute atomic E-state index is 0.0467. The van der Waals surface area contributed by atoms with Crippen molar-refractivity contribution in [1.29, 1.82) is 0 Å². The Hall–Kier alpha value is -8.01. The molecule has 4 fully saturated rings. The highest BCUT2D eigenvalue weighted by molar-refractivity contribution is 7.90. The lowest BCUT2D eigenvalue weighted by atomic mass is 9.72. The van der Waals surface area contributed by atoms with E-state index >= 15 is 0 Å². The maximum absolute atomic E-state index is 14.2. The number of nitro groups is 1. The lowest BCUT2D eigenvalue weighted by molar-refractivity contribution is -0.384. The second-order valence-electron chi connectivity index (χ2n) is 32.7. The predicted molar refractivity (Wildman–Crippen MR) is 448 cm³/mol. The molecular formula is C85H114ClN13O14S2. The van der Waals surface area contributed by atoms with Crippen LogP contribution in [0.15, 0.2) is 125 Å². The average molecular weight is 1640 g/mol. The maximum Gasteiger partial charge on any atom is 0.293 e. The third-order valence-electron chi connectivity index (χ3n) is 22.8. The Kier molecular flexibility index (Phi) is 30.4. The number of amides is 3. The van der Waals surface area contributed by atoms with E-state index in [9.17, 15) is 38.0 Å². The Morgan fingerprint density at radius 2 is 1.45 bits per heavy atom. The number of thiazole rings is 1. The molecule has 7 aromatic rings. The largest absolute Gasteiger partial charge is 0.455 e. The van der Waals surface area contributed by atoms with Gasteiger partial charge >= 0.3 is 0 Å². The number of nitro benzene ring substituents is 1. The van der Waals surface area contributed by atoms with Crippen LogP contribution in [0.3, 0.4) is 0 Å². The molecule has 4 aromatic carbocycles. The number of carbonyl (C=O) groups is 3. The van der Waals surface area contributed by atoms with Gasteiger partial charge in [0.25, 0.3) is 21.6 Å². The standard InChI is InChI=1S/C85H114ClN13O14S2/c1-58(61-10-12-63(13-11-61)78-59(2)91-57-114-78)92-82(102)76-50-69(100)56-98(76)83(103)79(84(3,4)5)87-28-38-108-40-42-110-44-46-112-47-45-111-43-41-109-39-37-94-29-33-96(34-30-94)67-18-8-60(9-19-67)53-89-74-23-21-71(51-75(74)99(104)105)115(106,107)93-81(101)72-22-20-68(49-77(72)113-70-48-64-25-27-88-80(64)90-54-70)97-35-31-95(32-36-97)55-65-24-26-85(6,7)52-73(65)62-14-16-66(86)17-15-62/h10-17,20-23,25,27,48-49,51,54,57-58,60,67,69,76,79,87,89,100H,8-9,18-19,24,26,28-47,50,52-53,55-56H2,1-7H3,(H,88,90)(H,92,102)(H,93,101)/t58-,60?,67?,69+,76-,79+/m0/s1. The van der Waals surface area contributed by atoms with E-state index < -0.39 is 55.0 Å². The van der Waals surface area contributed by atoms with Crippen molar-refractivity contribution >= 4 is 84.4 Å². The maximum atomic E-state index is 14.2. The smallest absolute Gasteiger partial charge is 0.293 e. The number of nitrogens with one attached hydrogen (secondary N) is 5. The summed E-state index contributed by atoms with van der Waals surface area (Å²) in [4.78, 5) is 77.8. The van der Waals surface area contributed by atoms with Gasteiger partial charge in [0.1, 0.15) is 28.9 Å². The topological polar surface area (TPSA) is 310 Å². The minimum atomic E-state index is -4.63. The number of anilines is 2. The van der Waals surface area contributed by atoms with Crippen molar-refractivity contribution in [3.05, 3.63) is 158 Å². The van der Waals surface area contributed by atoms with Crippen molar-refractivity contribution < 1.29 is 61.3 Å². The summed E-state index contributed by atoms with van der Waals surface area (Å²) in [6, 6.07) is 27.4. The molecule has 3 saturated heterocycles. The molecule has 30 heteroatoms. The van der Waals surface area contributed by atoms with Crippen LogP contribution in [-0.4, -0.2) is 246 Å². The number of fused-ring (bicyclic) bond motifs is 1. The number of pyridine rings is 1. The van der Waals surface area contributed by atoms with Gasteiger partial charge in [0.2, 0.25) is 11.8 Å². The summed E-state index contributed by atoms with van der Waals surface area (Å²) >= 11 is 7.88. The van der Waals surface area contributed by atoms with Crippen molar-refractivity contribution in [3.8, 4) is 21.9 Å². The summed E-state index contributed by atoms with van der Waals surface area (Å²) in [6.45, 7) is 28.4. The van der Waals surface area contributed by atoms with Gasteiger partial charge < -0.3 is 64.3 Å². The number of rotatable bonds is 38. The molecule has 1 saturated carbocycles. The van der Waals surface area contributed by atoms with E-state index in [0.29, 0.717) is 110 Å². The number of piperazine rings is 2. The number of aliphatic hydroxyl groups excluding tert-OH is 1. The fourth-order valence-electron chi connectivity index (χ4n) is 16.1. The second kappa shape index (κ2) is 40.4. The van der Waals surface area contributed by atoms with E-state index in [2.05, 4.69) is 81.2 Å². The zero-order valence-electron chi connectivity index (χ0n) is 67.4. The summed E-state index contributed by atoms with van der Waals surface area (Å²) in [5, 5.41) is 34.5. The highest BCUT2D eigenvalue weighted by atomic mass is 35.5. The Morgan fingerprint density at radius 3 is 2.11 bits per heavy atom. The number of carbonyl (C=O) groups excluding carboxylic acids is 3. The summed E-state index contributed by atoms with van der Waals surface area (Å²) in [7, 11) is -4.63. The molecule has 6 heterocycles. The number of sulfonamides is 1. The van der Waals surface area contributed by atoms with E-state index in [-0.39, 0.29) is 59.2 Å². The Labute approximate surface area is 684 Å².